The van der Waals surface area contributed by atoms with Crippen molar-refractivity contribution in [2.24, 2.45) is 0 Å². The van der Waals surface area contributed by atoms with Crippen molar-refractivity contribution in [1.29, 1.82) is 0 Å². The summed E-state index contributed by atoms with van der Waals surface area (Å²) in [5, 5.41) is 0.817. The minimum Gasteiger partial charge on any atom is -0.494 e. The standard InChI is InChI=1S/C26H33NO4/c1-3-5-7-11-17-29-21-14-15-22-23(18-21)27-26(28)25(24(22)30-16-6-4-2)31-19-20-12-9-8-10-13-20/h8-10,12-15,18H,3-7,11,16-17,19H2,1-2H3,(H,27,28). The Balaban J connectivity index is 1.84. The molecule has 0 amide bonds. The number of rotatable bonds is 13. The number of fused-ring (bicyclic) bond motifs is 1. The maximum absolute atomic E-state index is 12.9. The van der Waals surface area contributed by atoms with Gasteiger partial charge in [-0.2, -0.15) is 0 Å². The molecule has 0 fully saturated rings. The van der Waals surface area contributed by atoms with Gasteiger partial charge in [0.1, 0.15) is 12.4 Å². The van der Waals surface area contributed by atoms with E-state index in [9.17, 15) is 4.79 Å². The molecule has 0 saturated heterocycles. The normalized spacial score (nSPS) is 10.9. The second-order valence-corrected chi connectivity index (χ2v) is 7.71. The molecule has 166 valence electrons. The molecule has 1 aromatic heterocycles. The molecule has 0 saturated carbocycles. The molecular formula is C26H33NO4. The van der Waals surface area contributed by atoms with E-state index >= 15 is 0 Å². The Hall–Kier alpha value is -2.95. The van der Waals surface area contributed by atoms with Crippen LogP contribution in [0, 0.1) is 0 Å². The van der Waals surface area contributed by atoms with E-state index in [4.69, 9.17) is 14.2 Å². The molecular weight excluding hydrogens is 390 g/mol. The zero-order valence-electron chi connectivity index (χ0n) is 18.6. The minimum atomic E-state index is -0.296. The number of pyridine rings is 1. The number of aromatic amines is 1. The maximum atomic E-state index is 12.9. The van der Waals surface area contributed by atoms with Crippen LogP contribution in [0.2, 0.25) is 0 Å². The smallest absolute Gasteiger partial charge is 0.294 e. The molecule has 2 aromatic carbocycles. The molecule has 0 spiro atoms. The number of ether oxygens (including phenoxy) is 3. The van der Waals surface area contributed by atoms with Gasteiger partial charge in [0.15, 0.2) is 5.75 Å². The van der Waals surface area contributed by atoms with Gasteiger partial charge in [-0.25, -0.2) is 0 Å². The second-order valence-electron chi connectivity index (χ2n) is 7.71. The summed E-state index contributed by atoms with van der Waals surface area (Å²) in [6, 6.07) is 15.5. The summed E-state index contributed by atoms with van der Waals surface area (Å²) in [5.41, 5.74) is 1.39. The molecule has 0 unspecified atom stereocenters. The number of hydrogen-bond donors (Lipinski definition) is 1. The summed E-state index contributed by atoms with van der Waals surface area (Å²) in [4.78, 5) is 15.8. The minimum absolute atomic E-state index is 0.223. The van der Waals surface area contributed by atoms with Crippen molar-refractivity contribution in [3.63, 3.8) is 0 Å². The van der Waals surface area contributed by atoms with E-state index < -0.39 is 0 Å². The molecule has 0 aliphatic heterocycles. The van der Waals surface area contributed by atoms with Gasteiger partial charge in [-0.1, -0.05) is 69.9 Å². The summed E-state index contributed by atoms with van der Waals surface area (Å²) in [7, 11) is 0. The van der Waals surface area contributed by atoms with Gasteiger partial charge in [0.2, 0.25) is 5.75 Å². The molecule has 1 N–H and O–H groups in total. The molecule has 0 atom stereocenters. The Morgan fingerprint density at radius 1 is 0.774 bits per heavy atom. The lowest BCUT2D eigenvalue weighted by Gasteiger charge is -2.15. The third kappa shape index (κ3) is 6.51. The van der Waals surface area contributed by atoms with Crippen molar-refractivity contribution >= 4 is 10.9 Å². The zero-order chi connectivity index (χ0) is 21.9. The predicted octanol–water partition coefficient (Wildman–Crippen LogP) is 6.25. The van der Waals surface area contributed by atoms with Crippen LogP contribution in [-0.4, -0.2) is 18.2 Å². The Morgan fingerprint density at radius 2 is 1.55 bits per heavy atom. The van der Waals surface area contributed by atoms with Crippen molar-refractivity contribution in [3.8, 4) is 17.2 Å². The van der Waals surface area contributed by atoms with E-state index in [1.54, 1.807) is 0 Å². The highest BCUT2D eigenvalue weighted by Gasteiger charge is 2.17. The summed E-state index contributed by atoms with van der Waals surface area (Å²) in [6.07, 6.45) is 6.53. The van der Waals surface area contributed by atoms with Crippen molar-refractivity contribution in [2.45, 2.75) is 59.0 Å². The van der Waals surface area contributed by atoms with E-state index in [2.05, 4.69) is 18.8 Å². The van der Waals surface area contributed by atoms with E-state index in [0.29, 0.717) is 31.1 Å². The number of hydrogen-bond acceptors (Lipinski definition) is 4. The van der Waals surface area contributed by atoms with Crippen LogP contribution < -0.4 is 19.8 Å². The average molecular weight is 424 g/mol. The van der Waals surface area contributed by atoms with Crippen LogP contribution in [0.5, 0.6) is 17.2 Å². The fraction of sp³-hybridized carbons (Fsp3) is 0.423. The fourth-order valence-electron chi connectivity index (χ4n) is 3.36. The van der Waals surface area contributed by atoms with Gasteiger partial charge in [0, 0.05) is 11.5 Å². The highest BCUT2D eigenvalue weighted by Crippen LogP contribution is 2.34. The number of H-pyrrole nitrogens is 1. The van der Waals surface area contributed by atoms with Crippen LogP contribution in [0.1, 0.15) is 57.9 Å². The van der Waals surface area contributed by atoms with Gasteiger partial charge in [-0.15, -0.1) is 0 Å². The lowest BCUT2D eigenvalue weighted by Crippen LogP contribution is -2.14. The number of nitrogens with one attached hydrogen (secondary N) is 1. The van der Waals surface area contributed by atoms with Crippen molar-refractivity contribution in [2.75, 3.05) is 13.2 Å². The van der Waals surface area contributed by atoms with E-state index in [0.717, 1.165) is 36.0 Å². The largest absolute Gasteiger partial charge is 0.494 e. The van der Waals surface area contributed by atoms with Gasteiger partial charge in [-0.05, 0) is 30.5 Å². The van der Waals surface area contributed by atoms with Crippen molar-refractivity contribution in [1.82, 2.24) is 4.98 Å². The quantitative estimate of drug-likeness (QED) is 0.330. The maximum Gasteiger partial charge on any atom is 0.294 e. The summed E-state index contributed by atoms with van der Waals surface area (Å²) in [6.45, 7) is 5.81. The van der Waals surface area contributed by atoms with Crippen LogP contribution in [0.3, 0.4) is 0 Å². The van der Waals surface area contributed by atoms with Gasteiger partial charge < -0.3 is 19.2 Å². The molecule has 5 nitrogen and oxygen atoms in total. The second kappa shape index (κ2) is 12.0. The number of unbranched alkanes of at least 4 members (excludes halogenated alkanes) is 4. The third-order valence-corrected chi connectivity index (χ3v) is 5.13. The zero-order valence-corrected chi connectivity index (χ0v) is 18.6. The lowest BCUT2D eigenvalue weighted by atomic mass is 10.1. The van der Waals surface area contributed by atoms with Crippen molar-refractivity contribution in [3.05, 3.63) is 64.4 Å². The van der Waals surface area contributed by atoms with Gasteiger partial charge >= 0.3 is 0 Å². The summed E-state index contributed by atoms with van der Waals surface area (Å²) < 4.78 is 17.8. The molecule has 0 aliphatic rings. The van der Waals surface area contributed by atoms with E-state index in [-0.39, 0.29) is 11.3 Å². The first-order chi connectivity index (χ1) is 15.2. The first kappa shape index (κ1) is 22.7. The van der Waals surface area contributed by atoms with Gasteiger partial charge in [-0.3, -0.25) is 4.79 Å². The molecule has 3 aromatic rings. The Kier molecular flexibility index (Phi) is 8.83. The summed E-state index contributed by atoms with van der Waals surface area (Å²) in [5.74, 6) is 1.47. The number of aromatic nitrogens is 1. The van der Waals surface area contributed by atoms with E-state index in [1.807, 2.05) is 48.5 Å². The van der Waals surface area contributed by atoms with Gasteiger partial charge in [0.05, 0.1) is 18.7 Å². The van der Waals surface area contributed by atoms with Crippen LogP contribution in [0.25, 0.3) is 10.9 Å². The fourth-order valence-corrected chi connectivity index (χ4v) is 3.36. The Labute approximate surface area is 184 Å². The molecule has 1 heterocycles. The summed E-state index contributed by atoms with van der Waals surface area (Å²) >= 11 is 0. The molecule has 31 heavy (non-hydrogen) atoms. The predicted molar refractivity (Wildman–Crippen MR) is 125 cm³/mol. The van der Waals surface area contributed by atoms with Crippen LogP contribution in [-0.2, 0) is 6.61 Å². The molecule has 0 radical (unpaired) electrons. The third-order valence-electron chi connectivity index (χ3n) is 5.13. The molecule has 5 heteroatoms. The van der Waals surface area contributed by atoms with Crippen LogP contribution in [0.15, 0.2) is 53.3 Å². The number of benzene rings is 2. The molecule has 0 bridgehead atoms. The SMILES string of the molecule is CCCCCCOc1ccc2c(OCCCC)c(OCc3ccccc3)c(=O)[nH]c2c1. The van der Waals surface area contributed by atoms with Crippen LogP contribution in [0.4, 0.5) is 0 Å². The monoisotopic (exact) mass is 423 g/mol. The highest BCUT2D eigenvalue weighted by atomic mass is 16.5. The van der Waals surface area contributed by atoms with Crippen molar-refractivity contribution < 1.29 is 14.2 Å². The van der Waals surface area contributed by atoms with E-state index in [1.165, 1.54) is 19.3 Å². The first-order valence-corrected chi connectivity index (χ1v) is 11.3. The lowest BCUT2D eigenvalue weighted by molar-refractivity contribution is 0.258. The molecule has 3 rings (SSSR count). The topological polar surface area (TPSA) is 60.6 Å². The molecule has 0 aliphatic carbocycles. The van der Waals surface area contributed by atoms with Crippen LogP contribution >= 0.6 is 0 Å². The average Bonchev–Trinajstić information content (AvgIpc) is 2.79. The highest BCUT2D eigenvalue weighted by molar-refractivity contribution is 5.88. The Bertz CT molecular complexity index is 997. The van der Waals surface area contributed by atoms with Gasteiger partial charge in [0.25, 0.3) is 5.56 Å². The Morgan fingerprint density at radius 3 is 2.32 bits per heavy atom. The first-order valence-electron chi connectivity index (χ1n) is 11.3.